The fourth-order valence-electron chi connectivity index (χ4n) is 2.64. The average Bonchev–Trinajstić information content (AvgIpc) is 2.66. The monoisotopic (exact) mass is 263 g/mol. The van der Waals surface area contributed by atoms with E-state index >= 15 is 0 Å². The Bertz CT molecular complexity index is 447. The summed E-state index contributed by atoms with van der Waals surface area (Å²) in [6, 6.07) is 7.58. The molecule has 2 N–H and O–H groups in total. The minimum Gasteiger partial charge on any atom is -0.390 e. The number of aliphatic hydroxyl groups is 1. The number of hydrogen-bond acceptors (Lipinski definition) is 3. The zero-order valence-corrected chi connectivity index (χ0v) is 11.4. The van der Waals surface area contributed by atoms with Crippen LogP contribution >= 0.6 is 0 Å². The number of rotatable bonds is 5. The van der Waals surface area contributed by atoms with E-state index in [1.54, 1.807) is 7.11 Å². The molecule has 104 valence electrons. The molecule has 0 radical (unpaired) electrons. The Kier molecular flexibility index (Phi) is 4.56. The van der Waals surface area contributed by atoms with Gasteiger partial charge in [0.05, 0.1) is 12.1 Å². The predicted molar refractivity (Wildman–Crippen MR) is 72.7 cm³/mol. The van der Waals surface area contributed by atoms with E-state index < -0.39 is 6.10 Å². The van der Waals surface area contributed by atoms with Crippen LogP contribution in [0.15, 0.2) is 24.3 Å². The van der Waals surface area contributed by atoms with E-state index in [2.05, 4.69) is 5.32 Å². The molecule has 2 rings (SSSR count). The number of benzene rings is 1. The van der Waals surface area contributed by atoms with Crippen molar-refractivity contribution in [1.82, 2.24) is 5.32 Å². The van der Waals surface area contributed by atoms with Crippen molar-refractivity contribution in [2.75, 3.05) is 13.7 Å². The largest absolute Gasteiger partial charge is 0.390 e. The van der Waals surface area contributed by atoms with Gasteiger partial charge < -0.3 is 15.2 Å². The number of amides is 1. The Morgan fingerprint density at radius 1 is 1.53 bits per heavy atom. The highest BCUT2D eigenvalue weighted by Crippen LogP contribution is 2.31. The molecule has 0 fully saturated rings. The van der Waals surface area contributed by atoms with Gasteiger partial charge in [-0.05, 0) is 17.0 Å². The van der Waals surface area contributed by atoms with Gasteiger partial charge in [-0.25, -0.2) is 0 Å². The molecule has 0 bridgehead atoms. The van der Waals surface area contributed by atoms with E-state index in [1.165, 1.54) is 0 Å². The molecule has 3 atom stereocenters. The Balaban J connectivity index is 1.97. The number of carbonyl (C=O) groups is 1. The lowest BCUT2D eigenvalue weighted by atomic mass is 10.1. The van der Waals surface area contributed by atoms with Gasteiger partial charge in [0.2, 0.25) is 5.91 Å². The maximum Gasteiger partial charge on any atom is 0.220 e. The van der Waals surface area contributed by atoms with Crippen LogP contribution in [0.5, 0.6) is 0 Å². The zero-order chi connectivity index (χ0) is 13.8. The molecule has 4 nitrogen and oxygen atoms in total. The molecule has 0 saturated carbocycles. The van der Waals surface area contributed by atoms with Gasteiger partial charge in [-0.15, -0.1) is 0 Å². The average molecular weight is 263 g/mol. The molecule has 4 heteroatoms. The second-order valence-corrected chi connectivity index (χ2v) is 5.28. The molecule has 0 aliphatic heterocycles. The van der Waals surface area contributed by atoms with Gasteiger partial charge in [-0.3, -0.25) is 4.79 Å². The number of fused-ring (bicyclic) bond motifs is 1. The van der Waals surface area contributed by atoms with Crippen LogP contribution < -0.4 is 5.32 Å². The fraction of sp³-hybridized carbons (Fsp3) is 0.533. The molecule has 0 spiro atoms. The highest BCUT2D eigenvalue weighted by Gasteiger charge is 2.31. The van der Waals surface area contributed by atoms with Crippen molar-refractivity contribution in [1.29, 1.82) is 0 Å². The summed E-state index contributed by atoms with van der Waals surface area (Å²) < 4.78 is 5.02. The van der Waals surface area contributed by atoms with Gasteiger partial charge >= 0.3 is 0 Å². The quantitative estimate of drug-likeness (QED) is 0.845. The van der Waals surface area contributed by atoms with Gasteiger partial charge in [-0.2, -0.15) is 0 Å². The normalized spacial score (nSPS) is 22.9. The molecule has 1 aliphatic rings. The minimum absolute atomic E-state index is 0.0368. The van der Waals surface area contributed by atoms with E-state index in [-0.39, 0.29) is 17.9 Å². The Labute approximate surface area is 113 Å². The third kappa shape index (κ3) is 3.33. The topological polar surface area (TPSA) is 58.6 Å². The van der Waals surface area contributed by atoms with Crippen molar-refractivity contribution >= 4 is 5.91 Å². The van der Waals surface area contributed by atoms with Crippen LogP contribution in [-0.4, -0.2) is 30.8 Å². The standard InChI is InChI=1S/C15H21NO3/c1-10(9-19-2)7-14(18)16-15-12-6-4-3-5-11(12)8-13(15)17/h3-6,10,13,15,17H,7-9H2,1-2H3,(H,16,18). The van der Waals surface area contributed by atoms with Crippen molar-refractivity contribution in [2.45, 2.75) is 31.9 Å². The second-order valence-electron chi connectivity index (χ2n) is 5.28. The van der Waals surface area contributed by atoms with Crippen molar-refractivity contribution in [3.8, 4) is 0 Å². The maximum absolute atomic E-state index is 12.0. The Morgan fingerprint density at radius 2 is 2.26 bits per heavy atom. The minimum atomic E-state index is -0.529. The summed E-state index contributed by atoms with van der Waals surface area (Å²) in [6.07, 6.45) is 0.493. The molecule has 1 amide bonds. The fourth-order valence-corrected chi connectivity index (χ4v) is 2.64. The lowest BCUT2D eigenvalue weighted by Gasteiger charge is -2.19. The molecular formula is C15H21NO3. The Morgan fingerprint density at radius 3 is 3.00 bits per heavy atom. The summed E-state index contributed by atoms with van der Waals surface area (Å²) >= 11 is 0. The predicted octanol–water partition coefficient (Wildman–Crippen LogP) is 1.43. The zero-order valence-electron chi connectivity index (χ0n) is 11.4. The van der Waals surface area contributed by atoms with Crippen LogP contribution in [-0.2, 0) is 16.0 Å². The van der Waals surface area contributed by atoms with Crippen LogP contribution in [0.4, 0.5) is 0 Å². The maximum atomic E-state index is 12.0. The van der Waals surface area contributed by atoms with Crippen molar-refractivity contribution in [3.63, 3.8) is 0 Å². The summed E-state index contributed by atoms with van der Waals surface area (Å²) in [6.45, 7) is 2.54. The molecule has 0 heterocycles. The first kappa shape index (κ1) is 14.0. The number of aliphatic hydroxyl groups excluding tert-OH is 1. The first-order valence-electron chi connectivity index (χ1n) is 6.66. The number of methoxy groups -OCH3 is 1. The van der Waals surface area contributed by atoms with E-state index in [0.717, 1.165) is 11.1 Å². The van der Waals surface area contributed by atoms with Gasteiger partial charge in [0.1, 0.15) is 0 Å². The van der Waals surface area contributed by atoms with Crippen LogP contribution in [0.25, 0.3) is 0 Å². The van der Waals surface area contributed by atoms with Crippen molar-refractivity contribution < 1.29 is 14.6 Å². The SMILES string of the molecule is COCC(C)CC(=O)NC1c2ccccc2CC1O. The Hall–Kier alpha value is -1.39. The van der Waals surface area contributed by atoms with E-state index in [0.29, 0.717) is 19.4 Å². The molecule has 1 aliphatic carbocycles. The summed E-state index contributed by atoms with van der Waals surface area (Å²) in [7, 11) is 1.63. The van der Waals surface area contributed by atoms with Gasteiger partial charge in [0.15, 0.2) is 0 Å². The summed E-state index contributed by atoms with van der Waals surface area (Å²) in [5.74, 6) is 0.143. The third-order valence-corrected chi connectivity index (χ3v) is 3.51. The first-order chi connectivity index (χ1) is 9.11. The molecular weight excluding hydrogens is 242 g/mol. The van der Waals surface area contributed by atoms with E-state index in [4.69, 9.17) is 4.74 Å². The molecule has 1 aromatic carbocycles. The van der Waals surface area contributed by atoms with Crippen LogP contribution in [0, 0.1) is 5.92 Å². The van der Waals surface area contributed by atoms with Crippen LogP contribution in [0.3, 0.4) is 0 Å². The molecule has 3 unspecified atom stereocenters. The smallest absolute Gasteiger partial charge is 0.220 e. The van der Waals surface area contributed by atoms with Gasteiger partial charge in [-0.1, -0.05) is 31.2 Å². The second kappa shape index (κ2) is 6.17. The highest BCUT2D eigenvalue weighted by atomic mass is 16.5. The van der Waals surface area contributed by atoms with E-state index in [1.807, 2.05) is 31.2 Å². The molecule has 19 heavy (non-hydrogen) atoms. The number of hydrogen-bond donors (Lipinski definition) is 2. The first-order valence-corrected chi connectivity index (χ1v) is 6.66. The number of ether oxygens (including phenoxy) is 1. The number of carbonyl (C=O) groups excluding carboxylic acids is 1. The van der Waals surface area contributed by atoms with Crippen molar-refractivity contribution in [2.24, 2.45) is 5.92 Å². The molecule has 0 aromatic heterocycles. The van der Waals surface area contributed by atoms with Crippen LogP contribution in [0.1, 0.15) is 30.5 Å². The lowest BCUT2D eigenvalue weighted by Crippen LogP contribution is -2.34. The lowest BCUT2D eigenvalue weighted by molar-refractivity contribution is -0.123. The molecule has 0 saturated heterocycles. The van der Waals surface area contributed by atoms with Gasteiger partial charge in [0.25, 0.3) is 0 Å². The summed E-state index contributed by atoms with van der Waals surface area (Å²) in [5.41, 5.74) is 2.15. The molecule has 1 aromatic rings. The highest BCUT2D eigenvalue weighted by molar-refractivity contribution is 5.77. The van der Waals surface area contributed by atoms with Crippen molar-refractivity contribution in [3.05, 3.63) is 35.4 Å². The number of nitrogens with one attached hydrogen (secondary N) is 1. The summed E-state index contributed by atoms with van der Waals surface area (Å²) in [5, 5.41) is 13.0. The third-order valence-electron chi connectivity index (χ3n) is 3.51. The van der Waals surface area contributed by atoms with Crippen LogP contribution in [0.2, 0.25) is 0 Å². The van der Waals surface area contributed by atoms with E-state index in [9.17, 15) is 9.90 Å². The van der Waals surface area contributed by atoms with Gasteiger partial charge in [0, 0.05) is 26.6 Å². The summed E-state index contributed by atoms with van der Waals surface area (Å²) in [4.78, 5) is 12.0.